The average Bonchev–Trinajstić information content (AvgIpc) is 3.22. The normalized spacial score (nSPS) is 16.2. The van der Waals surface area contributed by atoms with Crippen molar-refractivity contribution in [1.82, 2.24) is 4.98 Å². The fraction of sp³-hybridized carbons (Fsp3) is 0.227. The minimum atomic E-state index is -0.802. The maximum Gasteiger partial charge on any atom is 0.267 e. The van der Waals surface area contributed by atoms with E-state index < -0.39 is 12.2 Å². The molecule has 1 aliphatic heterocycles. The van der Waals surface area contributed by atoms with Gasteiger partial charge in [0.25, 0.3) is 11.8 Å². The first kappa shape index (κ1) is 22.4. The van der Waals surface area contributed by atoms with E-state index in [1.807, 2.05) is 23.6 Å². The molecule has 0 spiro atoms. The van der Waals surface area contributed by atoms with Crippen LogP contribution < -0.4 is 19.7 Å². The van der Waals surface area contributed by atoms with Gasteiger partial charge < -0.3 is 14.4 Å². The van der Waals surface area contributed by atoms with Crippen LogP contribution in [0.5, 0.6) is 11.5 Å². The molecular weight excluding hydrogens is 473 g/mol. The summed E-state index contributed by atoms with van der Waals surface area (Å²) >= 11 is 13.3. The van der Waals surface area contributed by atoms with E-state index in [1.165, 1.54) is 11.3 Å². The Morgan fingerprint density at radius 1 is 1.28 bits per heavy atom. The van der Waals surface area contributed by atoms with Crippen LogP contribution in [-0.2, 0) is 9.59 Å². The highest BCUT2D eigenvalue weighted by molar-refractivity contribution is 7.14. The van der Waals surface area contributed by atoms with E-state index in [4.69, 9.17) is 32.7 Å². The van der Waals surface area contributed by atoms with Crippen molar-refractivity contribution in [2.45, 2.75) is 26.1 Å². The molecule has 3 aromatic rings. The van der Waals surface area contributed by atoms with Crippen LogP contribution in [0.3, 0.4) is 0 Å². The molecule has 10 heteroatoms. The molecule has 0 saturated carbocycles. The third kappa shape index (κ3) is 4.53. The number of rotatable bonds is 5. The van der Waals surface area contributed by atoms with Gasteiger partial charge in [0.1, 0.15) is 11.5 Å². The van der Waals surface area contributed by atoms with Gasteiger partial charge in [0.15, 0.2) is 17.3 Å². The molecule has 2 unspecified atom stereocenters. The zero-order chi connectivity index (χ0) is 23.0. The number of thiazole rings is 1. The standard InChI is InChI=1S/C22H19Cl2N3O4S/c1-11(30-18-7-5-14(23)9-15(18)24)20(28)26-22-25-16(10-32-22)13-4-6-19-17(8-13)27(3)21(29)12(2)31-19/h4-12H,1-3H3,(H,25,26,28). The highest BCUT2D eigenvalue weighted by Crippen LogP contribution is 2.37. The molecule has 0 radical (unpaired) electrons. The van der Waals surface area contributed by atoms with Crippen LogP contribution in [0, 0.1) is 0 Å². The predicted octanol–water partition coefficient (Wildman–Crippen LogP) is 5.27. The lowest BCUT2D eigenvalue weighted by atomic mass is 10.1. The SMILES string of the molecule is CC(Oc1ccc(Cl)cc1Cl)C(=O)Nc1nc(-c2ccc3c(c2)N(C)C(=O)C(C)O3)cs1. The van der Waals surface area contributed by atoms with Crippen LogP contribution in [0.4, 0.5) is 10.8 Å². The minimum Gasteiger partial charge on any atom is -0.479 e. The smallest absolute Gasteiger partial charge is 0.267 e. The molecule has 4 rings (SSSR count). The molecular formula is C22H19Cl2N3O4S. The summed E-state index contributed by atoms with van der Waals surface area (Å²) in [6, 6.07) is 10.3. The molecule has 1 N–H and O–H groups in total. The topological polar surface area (TPSA) is 80.8 Å². The van der Waals surface area contributed by atoms with Gasteiger partial charge in [0.2, 0.25) is 0 Å². The summed E-state index contributed by atoms with van der Waals surface area (Å²) in [4.78, 5) is 30.8. The third-order valence-corrected chi connectivity index (χ3v) is 6.19. The number of carbonyl (C=O) groups excluding carboxylic acids is 2. The summed E-state index contributed by atoms with van der Waals surface area (Å²) in [6.45, 7) is 3.34. The number of halogens is 2. The maximum atomic E-state index is 12.5. The van der Waals surface area contributed by atoms with Crippen LogP contribution in [-0.4, -0.2) is 36.1 Å². The fourth-order valence-electron chi connectivity index (χ4n) is 3.16. The largest absolute Gasteiger partial charge is 0.479 e. The van der Waals surface area contributed by atoms with Crippen molar-refractivity contribution in [2.24, 2.45) is 0 Å². The summed E-state index contributed by atoms with van der Waals surface area (Å²) in [7, 11) is 1.71. The number of ether oxygens (including phenoxy) is 2. The Labute approximate surface area is 198 Å². The van der Waals surface area contributed by atoms with Gasteiger partial charge in [-0.2, -0.15) is 0 Å². The van der Waals surface area contributed by atoms with Crippen molar-refractivity contribution in [1.29, 1.82) is 0 Å². The Kier molecular flexibility index (Phi) is 6.28. The number of likely N-dealkylation sites (N-methyl/N-ethyl adjacent to an activating group) is 1. The molecule has 2 aromatic carbocycles. The Balaban J connectivity index is 1.46. The summed E-state index contributed by atoms with van der Waals surface area (Å²) < 4.78 is 11.3. The lowest BCUT2D eigenvalue weighted by molar-refractivity contribution is -0.125. The van der Waals surface area contributed by atoms with Gasteiger partial charge in [-0.15, -0.1) is 11.3 Å². The van der Waals surface area contributed by atoms with Crippen molar-refractivity contribution in [3.63, 3.8) is 0 Å². The number of hydrogen-bond acceptors (Lipinski definition) is 6. The Morgan fingerprint density at radius 2 is 2.06 bits per heavy atom. The lowest BCUT2D eigenvalue weighted by Gasteiger charge is -2.30. The maximum absolute atomic E-state index is 12.5. The molecule has 0 aliphatic carbocycles. The molecule has 166 valence electrons. The van der Waals surface area contributed by atoms with Crippen LogP contribution >= 0.6 is 34.5 Å². The third-order valence-electron chi connectivity index (χ3n) is 4.90. The van der Waals surface area contributed by atoms with Crippen molar-refractivity contribution < 1.29 is 19.1 Å². The second kappa shape index (κ2) is 8.97. The van der Waals surface area contributed by atoms with Gasteiger partial charge in [-0.25, -0.2) is 4.98 Å². The Hall–Kier alpha value is -2.81. The molecule has 1 aromatic heterocycles. The van der Waals surface area contributed by atoms with Gasteiger partial charge >= 0.3 is 0 Å². The van der Waals surface area contributed by atoms with Crippen molar-refractivity contribution >= 4 is 57.2 Å². The van der Waals surface area contributed by atoms with Gasteiger partial charge in [-0.1, -0.05) is 23.2 Å². The number of amides is 2. The van der Waals surface area contributed by atoms with Gasteiger partial charge in [-0.3, -0.25) is 14.9 Å². The number of fused-ring (bicyclic) bond motifs is 1. The second-order valence-electron chi connectivity index (χ2n) is 7.20. The fourth-order valence-corrected chi connectivity index (χ4v) is 4.33. The summed E-state index contributed by atoms with van der Waals surface area (Å²) in [6.07, 6.45) is -1.32. The zero-order valence-electron chi connectivity index (χ0n) is 17.4. The number of anilines is 2. The molecule has 7 nitrogen and oxygen atoms in total. The number of carbonyl (C=O) groups is 2. The van der Waals surface area contributed by atoms with E-state index >= 15 is 0 Å². The lowest BCUT2D eigenvalue weighted by Crippen LogP contribution is -2.41. The van der Waals surface area contributed by atoms with Crippen LogP contribution in [0.15, 0.2) is 41.8 Å². The van der Waals surface area contributed by atoms with Crippen LogP contribution in [0.25, 0.3) is 11.3 Å². The number of nitrogens with zero attached hydrogens (tertiary/aromatic N) is 2. The van der Waals surface area contributed by atoms with Crippen molar-refractivity contribution in [2.75, 3.05) is 17.3 Å². The number of benzene rings is 2. The first-order valence-electron chi connectivity index (χ1n) is 9.69. The van der Waals surface area contributed by atoms with Crippen LogP contribution in [0.2, 0.25) is 10.0 Å². The van der Waals surface area contributed by atoms with Crippen LogP contribution in [0.1, 0.15) is 13.8 Å². The monoisotopic (exact) mass is 491 g/mol. The molecule has 0 bridgehead atoms. The van der Waals surface area contributed by atoms with E-state index in [0.717, 1.165) is 5.56 Å². The van der Waals surface area contributed by atoms with Crippen molar-refractivity contribution in [3.8, 4) is 22.8 Å². The first-order chi connectivity index (χ1) is 15.2. The molecule has 32 heavy (non-hydrogen) atoms. The molecule has 2 atom stereocenters. The van der Waals surface area contributed by atoms with E-state index in [2.05, 4.69) is 10.3 Å². The molecule has 2 heterocycles. The molecule has 1 aliphatic rings. The number of hydrogen-bond donors (Lipinski definition) is 1. The number of aromatic nitrogens is 1. The second-order valence-corrected chi connectivity index (χ2v) is 8.90. The highest BCUT2D eigenvalue weighted by atomic mass is 35.5. The van der Waals surface area contributed by atoms with E-state index in [-0.39, 0.29) is 11.8 Å². The highest BCUT2D eigenvalue weighted by Gasteiger charge is 2.29. The quantitative estimate of drug-likeness (QED) is 0.525. The minimum absolute atomic E-state index is 0.115. The zero-order valence-corrected chi connectivity index (χ0v) is 19.7. The van der Waals surface area contributed by atoms with E-state index in [0.29, 0.717) is 38.1 Å². The molecule has 0 saturated heterocycles. The van der Waals surface area contributed by atoms with Gasteiger partial charge in [0.05, 0.1) is 16.4 Å². The van der Waals surface area contributed by atoms with Gasteiger partial charge in [0, 0.05) is 23.0 Å². The summed E-state index contributed by atoms with van der Waals surface area (Å²) in [5.41, 5.74) is 2.14. The Bertz CT molecular complexity index is 1200. The van der Waals surface area contributed by atoms with Crippen molar-refractivity contribution in [3.05, 3.63) is 51.8 Å². The summed E-state index contributed by atoms with van der Waals surface area (Å²) in [5.74, 6) is 0.521. The van der Waals surface area contributed by atoms with E-state index in [9.17, 15) is 9.59 Å². The summed E-state index contributed by atoms with van der Waals surface area (Å²) in [5, 5.41) is 5.81. The van der Waals surface area contributed by atoms with Gasteiger partial charge in [-0.05, 0) is 50.2 Å². The number of nitrogens with one attached hydrogen (secondary N) is 1. The first-order valence-corrected chi connectivity index (χ1v) is 11.3. The molecule has 0 fully saturated rings. The van der Waals surface area contributed by atoms with E-state index in [1.54, 1.807) is 44.0 Å². The Morgan fingerprint density at radius 3 is 2.81 bits per heavy atom. The molecule has 2 amide bonds. The predicted molar refractivity (Wildman–Crippen MR) is 126 cm³/mol. The average molecular weight is 492 g/mol.